The van der Waals surface area contributed by atoms with Crippen LogP contribution in [0.15, 0.2) is 24.7 Å². The average Bonchev–Trinajstić information content (AvgIpc) is 2.59. The van der Waals surface area contributed by atoms with Crippen LogP contribution in [0.2, 0.25) is 0 Å². The number of aromatic nitrogens is 2. The lowest BCUT2D eigenvalue weighted by atomic mass is 10.6. The van der Waals surface area contributed by atoms with Crippen LogP contribution in [-0.2, 0) is 0 Å². The highest BCUT2D eigenvalue weighted by Crippen LogP contribution is 2.04. The van der Waals surface area contributed by atoms with E-state index < -0.39 is 0 Å². The van der Waals surface area contributed by atoms with Crippen LogP contribution in [0.1, 0.15) is 0 Å². The number of nitrogens with zero attached hydrogens (tertiary/aromatic N) is 2. The summed E-state index contributed by atoms with van der Waals surface area (Å²) in [5.41, 5.74) is 3.02. The van der Waals surface area contributed by atoms with E-state index in [-0.39, 0.29) is 0 Å². The Kier molecular flexibility index (Phi) is 1.10. The fourth-order valence-corrected chi connectivity index (χ4v) is 0.906. The molecule has 1 aliphatic heterocycles. The van der Waals surface area contributed by atoms with Crippen molar-refractivity contribution in [2.75, 3.05) is 11.6 Å². The minimum atomic E-state index is 0.852. The Morgan fingerprint density at radius 3 is 3.20 bits per heavy atom. The van der Waals surface area contributed by atoms with Gasteiger partial charge in [0.1, 0.15) is 0 Å². The Bertz CT molecular complexity index is 218. The van der Waals surface area contributed by atoms with Gasteiger partial charge >= 0.3 is 0 Å². The van der Waals surface area contributed by atoms with Gasteiger partial charge in [0.25, 0.3) is 0 Å². The van der Waals surface area contributed by atoms with Gasteiger partial charge in [-0.05, 0) is 6.08 Å². The molecular formula is C6H8N4. The first-order valence-corrected chi connectivity index (χ1v) is 3.15. The molecule has 0 radical (unpaired) electrons. The molecule has 2 rings (SSSR count). The Balaban J connectivity index is 2.14. The predicted molar refractivity (Wildman–Crippen MR) is 38.2 cm³/mol. The van der Waals surface area contributed by atoms with Crippen LogP contribution in [0.25, 0.3) is 0 Å². The molecule has 0 aliphatic carbocycles. The van der Waals surface area contributed by atoms with Crippen molar-refractivity contribution in [2.45, 2.75) is 0 Å². The van der Waals surface area contributed by atoms with Gasteiger partial charge in [0.15, 0.2) is 0 Å². The molecule has 2 heterocycles. The van der Waals surface area contributed by atoms with Gasteiger partial charge in [-0.2, -0.15) is 0 Å². The smallest absolute Gasteiger partial charge is 0.222 e. The third-order valence-corrected chi connectivity index (χ3v) is 1.38. The molecule has 4 heteroatoms. The van der Waals surface area contributed by atoms with E-state index in [1.54, 1.807) is 12.4 Å². The second-order valence-corrected chi connectivity index (χ2v) is 2.05. The maximum absolute atomic E-state index is 4.07. The lowest BCUT2D eigenvalue weighted by Crippen LogP contribution is -2.30. The van der Waals surface area contributed by atoms with Gasteiger partial charge in [-0.1, -0.05) is 0 Å². The number of rotatable bonds is 1. The fraction of sp³-hybridized carbons (Fsp3) is 0.167. The molecule has 0 aromatic carbocycles. The summed E-state index contributed by atoms with van der Waals surface area (Å²) in [7, 11) is 0. The van der Waals surface area contributed by atoms with E-state index in [0.717, 1.165) is 12.5 Å². The largest absolute Gasteiger partial charge is 0.330 e. The van der Waals surface area contributed by atoms with Gasteiger partial charge in [-0.15, -0.1) is 0 Å². The van der Waals surface area contributed by atoms with Gasteiger partial charge in [-0.25, -0.2) is 4.98 Å². The van der Waals surface area contributed by atoms with E-state index in [9.17, 15) is 0 Å². The van der Waals surface area contributed by atoms with Crippen LogP contribution in [0.5, 0.6) is 0 Å². The zero-order chi connectivity index (χ0) is 6.81. The van der Waals surface area contributed by atoms with Crippen molar-refractivity contribution in [1.82, 2.24) is 15.4 Å². The van der Waals surface area contributed by atoms with E-state index >= 15 is 0 Å². The van der Waals surface area contributed by atoms with Crippen molar-refractivity contribution in [2.24, 2.45) is 0 Å². The maximum Gasteiger partial charge on any atom is 0.222 e. The zero-order valence-electron chi connectivity index (χ0n) is 5.41. The molecule has 4 nitrogen and oxygen atoms in total. The molecule has 10 heavy (non-hydrogen) atoms. The van der Waals surface area contributed by atoms with E-state index in [0.29, 0.717) is 0 Å². The van der Waals surface area contributed by atoms with Crippen LogP contribution in [0, 0.1) is 0 Å². The summed E-state index contributed by atoms with van der Waals surface area (Å²) in [4.78, 5) is 7.06. The normalized spacial score (nSPS) is 15.8. The van der Waals surface area contributed by atoms with Crippen molar-refractivity contribution < 1.29 is 0 Å². The quantitative estimate of drug-likeness (QED) is 0.581. The number of imidazole rings is 1. The molecule has 1 aliphatic rings. The number of aromatic amines is 1. The summed E-state index contributed by atoms with van der Waals surface area (Å²) < 4.78 is 0. The van der Waals surface area contributed by atoms with E-state index in [4.69, 9.17) is 0 Å². The monoisotopic (exact) mass is 136 g/mol. The standard InChI is InChI=1S/C6H8N4/c1-2-9-10(5-1)6-7-3-4-8-6/h1-4,9H,5H2,(H,7,8). The number of hydrogen-bond acceptors (Lipinski definition) is 3. The zero-order valence-corrected chi connectivity index (χ0v) is 5.41. The lowest BCUT2D eigenvalue weighted by Gasteiger charge is -2.13. The van der Waals surface area contributed by atoms with Gasteiger partial charge in [0.05, 0.1) is 6.54 Å². The molecule has 0 bridgehead atoms. The summed E-state index contributed by atoms with van der Waals surface area (Å²) in [6.45, 7) is 0.869. The van der Waals surface area contributed by atoms with Gasteiger partial charge in [-0.3, -0.25) is 5.01 Å². The van der Waals surface area contributed by atoms with Crippen LogP contribution in [0.4, 0.5) is 5.95 Å². The molecule has 0 fully saturated rings. The lowest BCUT2D eigenvalue weighted by molar-refractivity contribution is 0.806. The Hall–Kier alpha value is -1.45. The van der Waals surface area contributed by atoms with Crippen molar-refractivity contribution in [3.05, 3.63) is 24.7 Å². The van der Waals surface area contributed by atoms with Crippen LogP contribution < -0.4 is 10.4 Å². The first-order valence-electron chi connectivity index (χ1n) is 3.15. The molecule has 0 spiro atoms. The second-order valence-electron chi connectivity index (χ2n) is 2.05. The average molecular weight is 136 g/mol. The summed E-state index contributed by atoms with van der Waals surface area (Å²) in [6, 6.07) is 0. The van der Waals surface area contributed by atoms with Crippen molar-refractivity contribution in [1.29, 1.82) is 0 Å². The number of H-pyrrole nitrogens is 1. The van der Waals surface area contributed by atoms with Gasteiger partial charge < -0.3 is 10.4 Å². The van der Waals surface area contributed by atoms with Crippen molar-refractivity contribution in [3.63, 3.8) is 0 Å². The molecule has 52 valence electrons. The Labute approximate surface area is 58.5 Å². The number of hydrogen-bond donors (Lipinski definition) is 2. The SMILES string of the molecule is C1=CNN(c2ncc[nH]2)C1. The van der Waals surface area contributed by atoms with Crippen LogP contribution in [0.3, 0.4) is 0 Å². The van der Waals surface area contributed by atoms with Crippen LogP contribution in [-0.4, -0.2) is 16.5 Å². The molecule has 0 unspecified atom stereocenters. The highest BCUT2D eigenvalue weighted by molar-refractivity contribution is 5.31. The highest BCUT2D eigenvalue weighted by atomic mass is 15.6. The molecule has 0 saturated carbocycles. The molecule has 2 N–H and O–H groups in total. The minimum Gasteiger partial charge on any atom is -0.330 e. The molecular weight excluding hydrogens is 128 g/mol. The van der Waals surface area contributed by atoms with Crippen molar-refractivity contribution >= 4 is 5.95 Å². The number of nitrogens with one attached hydrogen (secondary N) is 2. The van der Waals surface area contributed by atoms with Gasteiger partial charge in [0, 0.05) is 18.6 Å². The Morgan fingerprint density at radius 2 is 2.60 bits per heavy atom. The van der Waals surface area contributed by atoms with E-state index in [1.807, 2.05) is 17.3 Å². The first kappa shape index (κ1) is 5.34. The summed E-state index contributed by atoms with van der Waals surface area (Å²) in [5.74, 6) is 0.852. The fourth-order valence-electron chi connectivity index (χ4n) is 0.906. The molecule has 1 aromatic rings. The van der Waals surface area contributed by atoms with E-state index in [1.165, 1.54) is 0 Å². The summed E-state index contributed by atoms with van der Waals surface area (Å²) in [5, 5.41) is 1.92. The molecule has 1 aromatic heterocycles. The minimum absolute atomic E-state index is 0.852. The highest BCUT2D eigenvalue weighted by Gasteiger charge is 2.07. The Morgan fingerprint density at radius 1 is 1.60 bits per heavy atom. The van der Waals surface area contributed by atoms with Crippen molar-refractivity contribution in [3.8, 4) is 0 Å². The molecule has 0 saturated heterocycles. The predicted octanol–water partition coefficient (Wildman–Crippen LogP) is 0.248. The number of anilines is 1. The second kappa shape index (κ2) is 2.06. The first-order chi connectivity index (χ1) is 4.97. The maximum atomic E-state index is 4.07. The van der Waals surface area contributed by atoms with Gasteiger partial charge in [0.2, 0.25) is 5.95 Å². The topological polar surface area (TPSA) is 44.0 Å². The number of hydrazine groups is 1. The summed E-state index contributed by atoms with van der Waals surface area (Å²) >= 11 is 0. The van der Waals surface area contributed by atoms with Crippen LogP contribution >= 0.6 is 0 Å². The molecule has 0 atom stereocenters. The third-order valence-electron chi connectivity index (χ3n) is 1.38. The van der Waals surface area contributed by atoms with E-state index in [2.05, 4.69) is 15.4 Å². The summed E-state index contributed by atoms with van der Waals surface area (Å²) in [6.07, 6.45) is 7.45. The third kappa shape index (κ3) is 0.737. The molecule has 0 amide bonds.